The SMILES string of the molecule is CC1(c2ccc(-c3ccc(-c4nc(-c5ccc(C#N)cc5)nc(-c5cc6ccccc6c6ccccc56)n4)cc3)cc2)C[C@@H]2CC[C@@H](C2)C1. The van der Waals surface area contributed by atoms with Crippen molar-refractivity contribution >= 4 is 21.5 Å². The molecule has 1 unspecified atom stereocenters. The van der Waals surface area contributed by atoms with Gasteiger partial charge in [0.15, 0.2) is 17.5 Å². The van der Waals surface area contributed by atoms with Crippen LogP contribution in [0.5, 0.6) is 0 Å². The second-order valence-corrected chi connectivity index (χ2v) is 14.4. The van der Waals surface area contributed by atoms with E-state index in [1.807, 2.05) is 24.3 Å². The quantitative estimate of drug-likeness (QED) is 0.177. The molecule has 0 radical (unpaired) electrons. The van der Waals surface area contributed by atoms with Gasteiger partial charge < -0.3 is 0 Å². The number of aromatic nitrogens is 3. The molecule has 6 aromatic carbocycles. The summed E-state index contributed by atoms with van der Waals surface area (Å²) in [4.78, 5) is 15.1. The molecule has 49 heavy (non-hydrogen) atoms. The van der Waals surface area contributed by atoms with E-state index in [0.29, 0.717) is 28.5 Å². The Balaban J connectivity index is 1.11. The fourth-order valence-corrected chi connectivity index (χ4v) is 8.71. The topological polar surface area (TPSA) is 62.5 Å². The van der Waals surface area contributed by atoms with Crippen molar-refractivity contribution in [2.75, 3.05) is 0 Å². The van der Waals surface area contributed by atoms with Gasteiger partial charge in [-0.1, -0.05) is 117 Å². The van der Waals surface area contributed by atoms with Gasteiger partial charge in [-0.05, 0) is 105 Å². The van der Waals surface area contributed by atoms with Crippen LogP contribution in [-0.2, 0) is 5.41 Å². The largest absolute Gasteiger partial charge is 0.208 e. The maximum atomic E-state index is 9.39. The van der Waals surface area contributed by atoms with Gasteiger partial charge in [-0.25, -0.2) is 15.0 Å². The average Bonchev–Trinajstić information content (AvgIpc) is 3.52. The summed E-state index contributed by atoms with van der Waals surface area (Å²) < 4.78 is 0. The van der Waals surface area contributed by atoms with Crippen LogP contribution >= 0.6 is 0 Å². The highest BCUT2D eigenvalue weighted by Gasteiger charge is 2.41. The second-order valence-electron chi connectivity index (χ2n) is 14.4. The van der Waals surface area contributed by atoms with Crippen LogP contribution in [0.25, 0.3) is 66.8 Å². The molecule has 9 rings (SSSR count). The van der Waals surface area contributed by atoms with Crippen molar-refractivity contribution < 1.29 is 0 Å². The summed E-state index contributed by atoms with van der Waals surface area (Å²) >= 11 is 0. The molecule has 1 heterocycles. The summed E-state index contributed by atoms with van der Waals surface area (Å²) in [5.41, 5.74) is 7.50. The number of hydrogen-bond acceptors (Lipinski definition) is 4. The summed E-state index contributed by atoms with van der Waals surface area (Å²) in [6.45, 7) is 2.48. The lowest BCUT2D eigenvalue weighted by Crippen LogP contribution is -2.30. The molecule has 4 heteroatoms. The van der Waals surface area contributed by atoms with Gasteiger partial charge in [0.1, 0.15) is 0 Å². The van der Waals surface area contributed by atoms with E-state index in [1.54, 1.807) is 0 Å². The molecular formula is C45H36N4. The van der Waals surface area contributed by atoms with Crippen molar-refractivity contribution in [1.82, 2.24) is 15.0 Å². The molecule has 0 N–H and O–H groups in total. The molecule has 2 aliphatic rings. The highest BCUT2D eigenvalue weighted by atomic mass is 15.0. The normalized spacial score (nSPS) is 20.0. The standard InChI is InChI=1S/C45H36N4/c1-45(26-30-10-11-31(24-30)27-45)37-22-20-33(21-23-37)32-16-18-35(19-17-32)43-47-42(34-14-12-29(28-46)13-15-34)48-44(49-43)41-25-36-6-2-3-7-38(36)39-8-4-5-9-40(39)41/h2-9,12-23,25,30-31H,10-11,24,26-27H2,1H3/t30-,31+,45?. The van der Waals surface area contributed by atoms with Crippen LogP contribution in [0, 0.1) is 23.2 Å². The minimum atomic E-state index is 0.297. The minimum Gasteiger partial charge on any atom is -0.208 e. The summed E-state index contributed by atoms with van der Waals surface area (Å²) in [6, 6.07) is 46.6. The van der Waals surface area contributed by atoms with Crippen molar-refractivity contribution in [2.24, 2.45) is 11.8 Å². The molecule has 0 spiro atoms. The van der Waals surface area contributed by atoms with Crippen LogP contribution in [0.3, 0.4) is 0 Å². The van der Waals surface area contributed by atoms with Crippen LogP contribution in [0.1, 0.15) is 50.2 Å². The molecule has 2 fully saturated rings. The lowest BCUT2D eigenvalue weighted by molar-refractivity contribution is 0.232. The number of rotatable bonds is 5. The van der Waals surface area contributed by atoms with Crippen LogP contribution in [-0.4, -0.2) is 15.0 Å². The molecule has 2 saturated carbocycles. The zero-order chi connectivity index (χ0) is 33.0. The van der Waals surface area contributed by atoms with Crippen LogP contribution in [0.4, 0.5) is 0 Å². The van der Waals surface area contributed by atoms with E-state index in [0.717, 1.165) is 44.7 Å². The first-order valence-electron chi connectivity index (χ1n) is 17.4. The molecule has 4 nitrogen and oxygen atoms in total. The first kappa shape index (κ1) is 29.5. The van der Waals surface area contributed by atoms with Gasteiger partial charge in [0.25, 0.3) is 0 Å². The maximum absolute atomic E-state index is 9.39. The molecular weight excluding hydrogens is 597 g/mol. The summed E-state index contributed by atoms with van der Waals surface area (Å²) in [7, 11) is 0. The Morgan fingerprint density at radius 1 is 0.571 bits per heavy atom. The lowest BCUT2D eigenvalue weighted by atomic mass is 9.66. The van der Waals surface area contributed by atoms with Gasteiger partial charge in [-0.3, -0.25) is 0 Å². The molecule has 2 bridgehead atoms. The summed E-state index contributed by atoms with van der Waals surface area (Å²) in [5, 5.41) is 14.0. The molecule has 0 amide bonds. The van der Waals surface area contributed by atoms with E-state index >= 15 is 0 Å². The zero-order valence-corrected chi connectivity index (χ0v) is 27.6. The fraction of sp³-hybridized carbons (Fsp3) is 0.200. The molecule has 0 aliphatic heterocycles. The molecule has 3 atom stereocenters. The number of benzene rings is 6. The van der Waals surface area contributed by atoms with Crippen molar-refractivity contribution in [3.63, 3.8) is 0 Å². The van der Waals surface area contributed by atoms with E-state index in [2.05, 4.69) is 116 Å². The van der Waals surface area contributed by atoms with E-state index in [9.17, 15) is 5.26 Å². The monoisotopic (exact) mass is 632 g/mol. The van der Waals surface area contributed by atoms with Crippen molar-refractivity contribution in [2.45, 2.75) is 44.4 Å². The van der Waals surface area contributed by atoms with E-state index < -0.39 is 0 Å². The summed E-state index contributed by atoms with van der Waals surface area (Å²) in [6.07, 6.45) is 6.93. The van der Waals surface area contributed by atoms with Crippen LogP contribution in [0.2, 0.25) is 0 Å². The Morgan fingerprint density at radius 3 is 1.71 bits per heavy atom. The Kier molecular flexibility index (Phi) is 7.09. The van der Waals surface area contributed by atoms with Gasteiger partial charge in [-0.2, -0.15) is 5.26 Å². The van der Waals surface area contributed by atoms with Gasteiger partial charge >= 0.3 is 0 Å². The first-order chi connectivity index (χ1) is 24.0. The highest BCUT2D eigenvalue weighted by Crippen LogP contribution is 2.51. The predicted octanol–water partition coefficient (Wildman–Crippen LogP) is 11.2. The molecule has 1 aromatic heterocycles. The molecule has 7 aromatic rings. The molecule has 2 aliphatic carbocycles. The predicted molar refractivity (Wildman–Crippen MR) is 199 cm³/mol. The third-order valence-corrected chi connectivity index (χ3v) is 11.1. The fourth-order valence-electron chi connectivity index (χ4n) is 8.71. The third kappa shape index (κ3) is 5.36. The number of nitrogens with zero attached hydrogens (tertiary/aromatic N) is 4. The smallest absolute Gasteiger partial charge is 0.164 e. The molecule has 0 saturated heterocycles. The van der Waals surface area contributed by atoms with Crippen LogP contribution in [0.15, 0.2) is 127 Å². The Hall–Kier alpha value is -5.66. The molecule has 236 valence electrons. The number of hydrogen-bond donors (Lipinski definition) is 0. The van der Waals surface area contributed by atoms with E-state index in [-0.39, 0.29) is 0 Å². The minimum absolute atomic E-state index is 0.297. The van der Waals surface area contributed by atoms with E-state index in [1.165, 1.54) is 54.2 Å². The summed E-state index contributed by atoms with van der Waals surface area (Å²) in [5.74, 6) is 3.62. The lowest BCUT2D eigenvalue weighted by Gasteiger charge is -2.38. The van der Waals surface area contributed by atoms with E-state index in [4.69, 9.17) is 15.0 Å². The van der Waals surface area contributed by atoms with Gasteiger partial charge in [-0.15, -0.1) is 0 Å². The van der Waals surface area contributed by atoms with Crippen molar-refractivity contribution in [3.05, 3.63) is 139 Å². The zero-order valence-electron chi connectivity index (χ0n) is 27.6. The third-order valence-electron chi connectivity index (χ3n) is 11.1. The van der Waals surface area contributed by atoms with Gasteiger partial charge in [0.05, 0.1) is 11.6 Å². The average molecular weight is 633 g/mol. The second kappa shape index (κ2) is 11.8. The highest BCUT2D eigenvalue weighted by molar-refractivity contribution is 6.13. The maximum Gasteiger partial charge on any atom is 0.164 e. The first-order valence-corrected chi connectivity index (χ1v) is 17.4. The Morgan fingerprint density at radius 2 is 1.08 bits per heavy atom. The van der Waals surface area contributed by atoms with Crippen molar-refractivity contribution in [3.8, 4) is 51.4 Å². The number of fused-ring (bicyclic) bond motifs is 5. The van der Waals surface area contributed by atoms with Crippen molar-refractivity contribution in [1.29, 1.82) is 5.26 Å². The number of nitriles is 1. The Bertz CT molecular complexity index is 2370. The van der Waals surface area contributed by atoms with Gasteiger partial charge in [0.2, 0.25) is 0 Å². The van der Waals surface area contributed by atoms with Gasteiger partial charge in [0, 0.05) is 16.7 Å². The Labute approximate surface area is 287 Å². The van der Waals surface area contributed by atoms with Crippen LogP contribution < -0.4 is 0 Å².